The van der Waals surface area contributed by atoms with Crippen molar-refractivity contribution in [2.75, 3.05) is 0 Å². The summed E-state index contributed by atoms with van der Waals surface area (Å²) in [4.78, 5) is 20.0. The predicted octanol–water partition coefficient (Wildman–Crippen LogP) is 2.32. The average Bonchev–Trinajstić information content (AvgIpc) is 2.53. The molecule has 3 rings (SSSR count). The SMILES string of the molecule is Cc1nc(SCc2ccc(C(=O)[O-])cc2)nc2c1CCCC2. The van der Waals surface area contributed by atoms with Crippen molar-refractivity contribution in [3.05, 3.63) is 52.3 Å². The lowest BCUT2D eigenvalue weighted by Gasteiger charge is -2.17. The average molecular weight is 313 g/mol. The summed E-state index contributed by atoms with van der Waals surface area (Å²) in [7, 11) is 0. The first-order valence-electron chi connectivity index (χ1n) is 7.43. The second-order valence-corrected chi connectivity index (χ2v) is 6.44. The van der Waals surface area contributed by atoms with Crippen molar-refractivity contribution in [1.29, 1.82) is 0 Å². The molecular formula is C17H17N2O2S-. The number of aryl methyl sites for hydroxylation is 2. The Labute approximate surface area is 134 Å². The molecule has 0 saturated carbocycles. The molecule has 1 aromatic heterocycles. The lowest BCUT2D eigenvalue weighted by atomic mass is 9.95. The van der Waals surface area contributed by atoms with E-state index >= 15 is 0 Å². The molecule has 1 heterocycles. The van der Waals surface area contributed by atoms with E-state index in [4.69, 9.17) is 0 Å². The number of rotatable bonds is 4. The zero-order chi connectivity index (χ0) is 15.5. The maximum absolute atomic E-state index is 10.7. The third kappa shape index (κ3) is 3.30. The molecule has 0 aliphatic heterocycles. The van der Waals surface area contributed by atoms with Crippen LogP contribution in [0.25, 0.3) is 0 Å². The molecule has 0 radical (unpaired) electrons. The lowest BCUT2D eigenvalue weighted by Crippen LogP contribution is -2.21. The first kappa shape index (κ1) is 15.0. The van der Waals surface area contributed by atoms with Crippen LogP contribution in [0.4, 0.5) is 0 Å². The molecule has 0 unspecified atom stereocenters. The Morgan fingerprint density at radius 2 is 1.91 bits per heavy atom. The number of benzene rings is 1. The van der Waals surface area contributed by atoms with E-state index < -0.39 is 5.97 Å². The predicted molar refractivity (Wildman–Crippen MR) is 83.7 cm³/mol. The van der Waals surface area contributed by atoms with Gasteiger partial charge in [0.1, 0.15) is 0 Å². The zero-order valence-corrected chi connectivity index (χ0v) is 13.3. The fraction of sp³-hybridized carbons (Fsp3) is 0.353. The molecule has 4 nitrogen and oxygen atoms in total. The molecule has 5 heteroatoms. The Hall–Kier alpha value is -1.88. The minimum absolute atomic E-state index is 0.203. The molecule has 1 aliphatic rings. The molecule has 22 heavy (non-hydrogen) atoms. The van der Waals surface area contributed by atoms with Crippen LogP contribution in [0, 0.1) is 6.92 Å². The number of carbonyl (C=O) groups excluding carboxylic acids is 1. The highest BCUT2D eigenvalue weighted by Crippen LogP contribution is 2.26. The molecule has 0 spiro atoms. The normalized spacial score (nSPS) is 13.7. The van der Waals surface area contributed by atoms with E-state index in [-0.39, 0.29) is 5.56 Å². The first-order chi connectivity index (χ1) is 10.6. The summed E-state index contributed by atoms with van der Waals surface area (Å²) < 4.78 is 0. The second kappa shape index (κ2) is 6.48. The summed E-state index contributed by atoms with van der Waals surface area (Å²) in [6.45, 7) is 2.06. The number of thioether (sulfide) groups is 1. The van der Waals surface area contributed by atoms with E-state index in [1.165, 1.54) is 24.1 Å². The maximum Gasteiger partial charge on any atom is 0.188 e. The van der Waals surface area contributed by atoms with Gasteiger partial charge in [-0.3, -0.25) is 0 Å². The van der Waals surface area contributed by atoms with E-state index in [1.54, 1.807) is 23.9 Å². The molecule has 1 aliphatic carbocycles. The topological polar surface area (TPSA) is 65.9 Å². The van der Waals surface area contributed by atoms with Gasteiger partial charge in [0, 0.05) is 17.1 Å². The van der Waals surface area contributed by atoms with Gasteiger partial charge >= 0.3 is 0 Å². The standard InChI is InChI=1S/C17H18N2O2S/c1-11-14-4-2-3-5-15(14)19-17(18-11)22-10-12-6-8-13(9-7-12)16(20)21/h6-9H,2-5,10H2,1H3,(H,20,21)/p-1. The monoisotopic (exact) mass is 313 g/mol. The highest BCUT2D eigenvalue weighted by molar-refractivity contribution is 7.98. The molecule has 0 saturated heterocycles. The smallest absolute Gasteiger partial charge is 0.188 e. The molecule has 1 aromatic carbocycles. The highest BCUT2D eigenvalue weighted by Gasteiger charge is 2.15. The van der Waals surface area contributed by atoms with Crippen LogP contribution in [-0.2, 0) is 18.6 Å². The summed E-state index contributed by atoms with van der Waals surface area (Å²) in [5.41, 5.74) is 4.88. The Morgan fingerprint density at radius 3 is 2.64 bits per heavy atom. The van der Waals surface area contributed by atoms with Crippen LogP contribution < -0.4 is 5.11 Å². The van der Waals surface area contributed by atoms with Gasteiger partial charge in [0.15, 0.2) is 5.16 Å². The number of carboxylic acids is 1. The van der Waals surface area contributed by atoms with Crippen LogP contribution in [0.2, 0.25) is 0 Å². The summed E-state index contributed by atoms with van der Waals surface area (Å²) in [5.74, 6) is -0.418. The van der Waals surface area contributed by atoms with E-state index in [2.05, 4.69) is 16.9 Å². The molecule has 0 atom stereocenters. The van der Waals surface area contributed by atoms with Gasteiger partial charge in [-0.1, -0.05) is 36.0 Å². The maximum atomic E-state index is 10.7. The number of hydrogen-bond donors (Lipinski definition) is 0. The van der Waals surface area contributed by atoms with Gasteiger partial charge in [-0.25, -0.2) is 9.97 Å². The van der Waals surface area contributed by atoms with Crippen molar-refractivity contribution in [2.45, 2.75) is 43.5 Å². The number of aromatic nitrogens is 2. The van der Waals surface area contributed by atoms with Crippen molar-refractivity contribution in [3.63, 3.8) is 0 Å². The zero-order valence-electron chi connectivity index (χ0n) is 12.5. The van der Waals surface area contributed by atoms with Gasteiger partial charge in [-0.15, -0.1) is 0 Å². The van der Waals surface area contributed by atoms with Crippen LogP contribution in [-0.4, -0.2) is 15.9 Å². The van der Waals surface area contributed by atoms with Gasteiger partial charge < -0.3 is 9.90 Å². The number of hydrogen-bond acceptors (Lipinski definition) is 5. The minimum atomic E-state index is -1.15. The molecule has 0 fully saturated rings. The summed E-state index contributed by atoms with van der Waals surface area (Å²) in [6.07, 6.45) is 4.58. The molecule has 0 amide bonds. The number of carbonyl (C=O) groups is 1. The quantitative estimate of drug-likeness (QED) is 0.640. The third-order valence-electron chi connectivity index (χ3n) is 3.93. The Balaban J connectivity index is 1.71. The van der Waals surface area contributed by atoms with Crippen molar-refractivity contribution >= 4 is 17.7 Å². The third-order valence-corrected chi connectivity index (χ3v) is 4.85. The van der Waals surface area contributed by atoms with Crippen LogP contribution in [0.1, 0.15) is 45.7 Å². The molecule has 0 N–H and O–H groups in total. The van der Waals surface area contributed by atoms with Crippen molar-refractivity contribution in [2.24, 2.45) is 0 Å². The number of nitrogens with zero attached hydrogens (tertiary/aromatic N) is 2. The van der Waals surface area contributed by atoms with Crippen molar-refractivity contribution in [3.8, 4) is 0 Å². The first-order valence-corrected chi connectivity index (χ1v) is 8.41. The molecule has 114 valence electrons. The number of carboxylic acid groups (broad SMARTS) is 1. The highest BCUT2D eigenvalue weighted by atomic mass is 32.2. The fourth-order valence-electron chi connectivity index (χ4n) is 2.70. The summed E-state index contributed by atoms with van der Waals surface area (Å²) in [6, 6.07) is 6.77. The lowest BCUT2D eigenvalue weighted by molar-refractivity contribution is -0.255. The van der Waals surface area contributed by atoms with Gasteiger partial charge in [0.25, 0.3) is 0 Å². The Bertz CT molecular complexity index is 699. The fourth-order valence-corrected chi connectivity index (χ4v) is 3.57. The largest absolute Gasteiger partial charge is 0.545 e. The van der Waals surface area contributed by atoms with Gasteiger partial charge in [-0.05, 0) is 49.3 Å². The van der Waals surface area contributed by atoms with Crippen LogP contribution >= 0.6 is 11.8 Å². The van der Waals surface area contributed by atoms with Gasteiger partial charge in [0.05, 0.1) is 5.97 Å². The summed E-state index contributed by atoms with van der Waals surface area (Å²) >= 11 is 1.59. The number of fused-ring (bicyclic) bond motifs is 1. The van der Waals surface area contributed by atoms with Crippen molar-refractivity contribution in [1.82, 2.24) is 9.97 Å². The van der Waals surface area contributed by atoms with Gasteiger partial charge in [0.2, 0.25) is 0 Å². The van der Waals surface area contributed by atoms with Crippen LogP contribution in [0.15, 0.2) is 29.4 Å². The Kier molecular flexibility index (Phi) is 4.43. The number of aromatic carboxylic acids is 1. The van der Waals surface area contributed by atoms with E-state index in [9.17, 15) is 9.90 Å². The summed E-state index contributed by atoms with van der Waals surface area (Å²) in [5, 5.41) is 11.5. The van der Waals surface area contributed by atoms with Crippen LogP contribution in [0.5, 0.6) is 0 Å². The second-order valence-electron chi connectivity index (χ2n) is 5.50. The van der Waals surface area contributed by atoms with Crippen molar-refractivity contribution < 1.29 is 9.90 Å². The van der Waals surface area contributed by atoms with E-state index in [1.807, 2.05) is 12.1 Å². The van der Waals surface area contributed by atoms with Gasteiger partial charge in [-0.2, -0.15) is 0 Å². The van der Waals surface area contributed by atoms with E-state index in [0.29, 0.717) is 0 Å². The minimum Gasteiger partial charge on any atom is -0.545 e. The molecule has 2 aromatic rings. The molecular weight excluding hydrogens is 296 g/mol. The van der Waals surface area contributed by atoms with Crippen LogP contribution in [0.3, 0.4) is 0 Å². The Morgan fingerprint density at radius 1 is 1.18 bits per heavy atom. The molecule has 0 bridgehead atoms. The van der Waals surface area contributed by atoms with E-state index in [0.717, 1.165) is 35.0 Å².